The molecule has 1 unspecified atom stereocenters. The Labute approximate surface area is 158 Å². The van der Waals surface area contributed by atoms with Gasteiger partial charge in [-0.25, -0.2) is 0 Å². The molecule has 2 heterocycles. The standard InChI is InChI=1S/C16H23O9PS/c1-9-4-6-10(7-5-9)27(20,21)25-15-14-13(22-16(2,3)23-14)12(11(18)8-17)24-26(15)19/h4-7,11-15,17-18,26H,8H2,1-3H3/t11-,12-,13+,14+,15-/m1/s1. The van der Waals surface area contributed by atoms with Gasteiger partial charge in [-0.3, -0.25) is 8.75 Å². The molecule has 2 aliphatic heterocycles. The van der Waals surface area contributed by atoms with E-state index in [2.05, 4.69) is 0 Å². The minimum Gasteiger partial charge on any atom is -0.394 e. The number of ether oxygens (including phenoxy) is 2. The van der Waals surface area contributed by atoms with E-state index in [1.54, 1.807) is 26.0 Å². The van der Waals surface area contributed by atoms with Crippen molar-refractivity contribution in [2.45, 2.75) is 61.7 Å². The molecule has 27 heavy (non-hydrogen) atoms. The van der Waals surface area contributed by atoms with Gasteiger partial charge in [0.15, 0.2) is 11.6 Å². The molecular formula is C16H23O9PS. The second kappa shape index (κ2) is 7.53. The Balaban J connectivity index is 1.89. The Hall–Kier alpha value is -0.840. The molecule has 0 radical (unpaired) electrons. The number of aliphatic hydroxyl groups excluding tert-OH is 2. The van der Waals surface area contributed by atoms with E-state index < -0.39 is 60.8 Å². The summed E-state index contributed by atoms with van der Waals surface area (Å²) in [6.07, 6.45) is -4.50. The topological polar surface area (TPSA) is 129 Å². The molecule has 2 fully saturated rings. The second-order valence-corrected chi connectivity index (χ2v) is 10.0. The second-order valence-electron chi connectivity index (χ2n) is 7.00. The van der Waals surface area contributed by atoms with E-state index in [-0.39, 0.29) is 4.90 Å². The van der Waals surface area contributed by atoms with E-state index in [1.165, 1.54) is 12.1 Å². The molecule has 0 aliphatic carbocycles. The molecular weight excluding hydrogens is 399 g/mol. The van der Waals surface area contributed by atoms with Gasteiger partial charge in [-0.2, -0.15) is 8.42 Å². The molecule has 3 rings (SSSR count). The minimum absolute atomic E-state index is 0.0878. The van der Waals surface area contributed by atoms with Crippen LogP contribution in [0.4, 0.5) is 0 Å². The summed E-state index contributed by atoms with van der Waals surface area (Å²) in [7, 11) is -7.34. The number of rotatable bonds is 5. The fraction of sp³-hybridized carbons (Fsp3) is 0.625. The third-order valence-electron chi connectivity index (χ3n) is 4.38. The number of aliphatic hydroxyl groups is 2. The number of benzene rings is 1. The average molecular weight is 422 g/mol. The number of hydrogen-bond acceptors (Lipinski definition) is 9. The molecule has 2 saturated heterocycles. The van der Waals surface area contributed by atoms with Crippen LogP contribution < -0.4 is 0 Å². The molecule has 2 N–H and O–H groups in total. The first-order chi connectivity index (χ1) is 12.5. The lowest BCUT2D eigenvalue weighted by atomic mass is 10.0. The summed E-state index contributed by atoms with van der Waals surface area (Å²) in [6.45, 7) is 4.36. The van der Waals surface area contributed by atoms with Crippen LogP contribution in [0.1, 0.15) is 19.4 Å². The lowest BCUT2D eigenvalue weighted by Crippen LogP contribution is -2.53. The van der Waals surface area contributed by atoms with E-state index >= 15 is 0 Å². The van der Waals surface area contributed by atoms with Crippen LogP contribution in [0.15, 0.2) is 29.2 Å². The Morgan fingerprint density at radius 2 is 1.81 bits per heavy atom. The van der Waals surface area contributed by atoms with Gasteiger partial charge in [0, 0.05) is 0 Å². The van der Waals surface area contributed by atoms with E-state index in [1.807, 2.05) is 6.92 Å². The zero-order chi connectivity index (χ0) is 20.0. The lowest BCUT2D eigenvalue weighted by Gasteiger charge is -2.37. The highest BCUT2D eigenvalue weighted by Crippen LogP contribution is 2.49. The highest BCUT2D eigenvalue weighted by atomic mass is 32.2. The fourth-order valence-corrected chi connectivity index (χ4v) is 5.98. The van der Waals surface area contributed by atoms with Gasteiger partial charge >= 0.3 is 0 Å². The average Bonchev–Trinajstić information content (AvgIpc) is 2.92. The summed E-state index contributed by atoms with van der Waals surface area (Å²) in [5.41, 5.74) is 0.874. The SMILES string of the molecule is Cc1ccc(S(=O)(=O)O[C@H]2[C@H]3OC(C)(C)O[C@H]3[C@@H]([C@H](O)CO)O[PH]2=O)cc1. The predicted octanol–water partition coefficient (Wildman–Crippen LogP) is 0.773. The first kappa shape index (κ1) is 20.9. The summed E-state index contributed by atoms with van der Waals surface area (Å²) in [5.74, 6) is -2.55. The summed E-state index contributed by atoms with van der Waals surface area (Å²) < 4.78 is 59.7. The highest BCUT2D eigenvalue weighted by molar-refractivity contribution is 7.87. The van der Waals surface area contributed by atoms with E-state index in [4.69, 9.17) is 18.2 Å². The first-order valence-electron chi connectivity index (χ1n) is 8.39. The largest absolute Gasteiger partial charge is 0.394 e. The zero-order valence-electron chi connectivity index (χ0n) is 15.1. The maximum absolute atomic E-state index is 12.6. The molecule has 1 aromatic carbocycles. The Morgan fingerprint density at radius 1 is 1.22 bits per heavy atom. The Bertz CT molecular complexity index is 808. The van der Waals surface area contributed by atoms with Crippen molar-refractivity contribution in [3.05, 3.63) is 29.8 Å². The maximum atomic E-state index is 12.6. The summed E-state index contributed by atoms with van der Waals surface area (Å²) in [5, 5.41) is 19.2. The van der Waals surface area contributed by atoms with Crippen molar-refractivity contribution < 1.29 is 41.4 Å². The molecule has 0 amide bonds. The molecule has 1 aromatic rings. The molecule has 152 valence electrons. The third kappa shape index (κ3) is 4.28. The highest BCUT2D eigenvalue weighted by Gasteiger charge is 2.57. The van der Waals surface area contributed by atoms with Crippen molar-refractivity contribution in [1.29, 1.82) is 0 Å². The molecule has 2 aliphatic rings. The maximum Gasteiger partial charge on any atom is 0.297 e. The van der Waals surface area contributed by atoms with Gasteiger partial charge in [0.05, 0.1) is 11.5 Å². The van der Waals surface area contributed by atoms with Crippen molar-refractivity contribution in [1.82, 2.24) is 0 Å². The molecule has 0 bridgehead atoms. The molecule has 0 saturated carbocycles. The number of aryl methyl sites for hydroxylation is 1. The van der Waals surface area contributed by atoms with E-state index in [9.17, 15) is 23.2 Å². The molecule has 9 nitrogen and oxygen atoms in total. The monoisotopic (exact) mass is 422 g/mol. The molecule has 0 aromatic heterocycles. The van der Waals surface area contributed by atoms with Gasteiger partial charge in [-0.15, -0.1) is 0 Å². The van der Waals surface area contributed by atoms with Crippen molar-refractivity contribution in [2.24, 2.45) is 0 Å². The van der Waals surface area contributed by atoms with Crippen LogP contribution in [-0.2, 0) is 32.9 Å². The normalized spacial score (nSPS) is 34.2. The van der Waals surface area contributed by atoms with Gasteiger partial charge in [0.2, 0.25) is 8.03 Å². The van der Waals surface area contributed by atoms with Gasteiger partial charge in [-0.1, -0.05) is 17.7 Å². The summed E-state index contributed by atoms with van der Waals surface area (Å²) >= 11 is 0. The van der Waals surface area contributed by atoms with E-state index in [0.29, 0.717) is 0 Å². The van der Waals surface area contributed by atoms with Crippen molar-refractivity contribution in [3.63, 3.8) is 0 Å². The molecule has 6 atom stereocenters. The third-order valence-corrected chi connectivity index (χ3v) is 7.27. The van der Waals surface area contributed by atoms with Crippen LogP contribution in [0.3, 0.4) is 0 Å². The summed E-state index contributed by atoms with van der Waals surface area (Å²) in [4.78, 5) is -0.0878. The van der Waals surface area contributed by atoms with Crippen molar-refractivity contribution >= 4 is 18.1 Å². The lowest BCUT2D eigenvalue weighted by molar-refractivity contribution is -0.159. The van der Waals surface area contributed by atoms with E-state index in [0.717, 1.165) is 5.56 Å². The predicted molar refractivity (Wildman–Crippen MR) is 94.0 cm³/mol. The molecule has 0 spiro atoms. The van der Waals surface area contributed by atoms with Crippen LogP contribution in [0, 0.1) is 6.92 Å². The van der Waals surface area contributed by atoms with Crippen LogP contribution >= 0.6 is 8.03 Å². The van der Waals surface area contributed by atoms with Gasteiger partial charge in [0.1, 0.15) is 24.4 Å². The smallest absolute Gasteiger partial charge is 0.297 e. The van der Waals surface area contributed by atoms with Crippen LogP contribution in [0.5, 0.6) is 0 Å². The van der Waals surface area contributed by atoms with Gasteiger partial charge in [0.25, 0.3) is 10.1 Å². The van der Waals surface area contributed by atoms with Crippen LogP contribution in [0.2, 0.25) is 0 Å². The van der Waals surface area contributed by atoms with Crippen LogP contribution in [0.25, 0.3) is 0 Å². The quantitative estimate of drug-likeness (QED) is 0.522. The zero-order valence-corrected chi connectivity index (χ0v) is 16.9. The van der Waals surface area contributed by atoms with Crippen molar-refractivity contribution in [3.8, 4) is 0 Å². The molecule has 11 heteroatoms. The first-order valence-corrected chi connectivity index (χ1v) is 11.2. The Kier molecular flexibility index (Phi) is 5.82. The van der Waals surface area contributed by atoms with Crippen molar-refractivity contribution in [2.75, 3.05) is 6.61 Å². The van der Waals surface area contributed by atoms with Crippen LogP contribution in [-0.4, -0.2) is 61.3 Å². The number of hydrogen-bond donors (Lipinski definition) is 2. The van der Waals surface area contributed by atoms with Gasteiger partial charge < -0.3 is 24.2 Å². The Morgan fingerprint density at radius 3 is 2.41 bits per heavy atom. The van der Waals surface area contributed by atoms with Gasteiger partial charge in [-0.05, 0) is 32.9 Å². The minimum atomic E-state index is -4.23. The fourth-order valence-electron chi connectivity index (χ4n) is 3.10. The summed E-state index contributed by atoms with van der Waals surface area (Å²) in [6, 6.07) is 6.01. The number of fused-ring (bicyclic) bond motifs is 1.